The maximum absolute atomic E-state index is 11.8. The molecule has 0 radical (unpaired) electrons. The molecule has 1 aromatic heterocycles. The van der Waals surface area contributed by atoms with Gasteiger partial charge in [0.25, 0.3) is 0 Å². The Hall–Kier alpha value is -2.21. The number of aromatic nitrogens is 1. The van der Waals surface area contributed by atoms with Crippen molar-refractivity contribution in [3.63, 3.8) is 0 Å². The van der Waals surface area contributed by atoms with Gasteiger partial charge in [0.2, 0.25) is 5.91 Å². The molecular weight excluding hydrogens is 312 g/mol. The largest absolute Gasteiger partial charge is 0.481 e. The second-order valence-corrected chi connectivity index (χ2v) is 6.35. The van der Waals surface area contributed by atoms with Gasteiger partial charge in [-0.25, -0.2) is 4.98 Å². The molecule has 122 valence electrons. The van der Waals surface area contributed by atoms with Crippen LogP contribution in [-0.2, 0) is 16.1 Å². The number of carboxylic acid groups (broad SMARTS) is 1. The molecule has 0 saturated heterocycles. The minimum atomic E-state index is -0.820. The smallest absolute Gasteiger partial charge is 0.303 e. The number of aliphatic carboxylic acids is 1. The van der Waals surface area contributed by atoms with Crippen LogP contribution in [0.2, 0.25) is 0 Å². The van der Waals surface area contributed by atoms with Crippen molar-refractivity contribution in [3.8, 4) is 10.6 Å². The summed E-state index contributed by atoms with van der Waals surface area (Å²) in [6.07, 6.45) is 1.59. The Balaban J connectivity index is 1.83. The Morgan fingerprint density at radius 3 is 2.57 bits per heavy atom. The predicted molar refractivity (Wildman–Crippen MR) is 90.2 cm³/mol. The Morgan fingerprint density at radius 2 is 1.87 bits per heavy atom. The average molecular weight is 332 g/mol. The fourth-order valence-corrected chi connectivity index (χ4v) is 3.13. The number of hydrogen-bond acceptors (Lipinski definition) is 4. The highest BCUT2D eigenvalue weighted by molar-refractivity contribution is 7.15. The number of thiazole rings is 1. The van der Waals surface area contributed by atoms with Gasteiger partial charge >= 0.3 is 5.97 Å². The number of unbranched alkanes of at least 4 members (excludes halogenated alkanes) is 1. The molecule has 5 nitrogen and oxygen atoms in total. The minimum absolute atomic E-state index is 0.0514. The average Bonchev–Trinajstić information content (AvgIpc) is 2.91. The van der Waals surface area contributed by atoms with Crippen molar-refractivity contribution in [1.29, 1.82) is 0 Å². The van der Waals surface area contributed by atoms with Crippen LogP contribution < -0.4 is 5.32 Å². The van der Waals surface area contributed by atoms with E-state index in [4.69, 9.17) is 5.11 Å². The van der Waals surface area contributed by atoms with E-state index in [1.165, 1.54) is 0 Å². The lowest BCUT2D eigenvalue weighted by molar-refractivity contribution is -0.137. The molecule has 0 saturated carbocycles. The van der Waals surface area contributed by atoms with Gasteiger partial charge in [-0.2, -0.15) is 0 Å². The van der Waals surface area contributed by atoms with E-state index < -0.39 is 5.97 Å². The van der Waals surface area contributed by atoms with Gasteiger partial charge in [0, 0.05) is 23.3 Å². The first-order valence-electron chi connectivity index (χ1n) is 7.56. The SMILES string of the molecule is Cc1nc(-c2ccccc2)sc1CNC(=O)CCCCC(=O)O. The van der Waals surface area contributed by atoms with Crippen molar-refractivity contribution in [1.82, 2.24) is 10.3 Å². The predicted octanol–water partition coefficient (Wildman–Crippen LogP) is 3.38. The normalized spacial score (nSPS) is 10.5. The van der Waals surface area contributed by atoms with Crippen LogP contribution in [0.25, 0.3) is 10.6 Å². The van der Waals surface area contributed by atoms with Gasteiger partial charge in [0.15, 0.2) is 0 Å². The van der Waals surface area contributed by atoms with Gasteiger partial charge < -0.3 is 10.4 Å². The molecule has 1 heterocycles. The molecule has 2 rings (SSSR count). The van der Waals surface area contributed by atoms with Gasteiger partial charge in [-0.05, 0) is 19.8 Å². The lowest BCUT2D eigenvalue weighted by Gasteiger charge is -2.03. The molecule has 0 spiro atoms. The number of carboxylic acids is 1. The Morgan fingerprint density at radius 1 is 1.17 bits per heavy atom. The zero-order valence-electron chi connectivity index (χ0n) is 13.0. The Bertz CT molecular complexity index is 668. The fraction of sp³-hybridized carbons (Fsp3) is 0.353. The molecule has 0 fully saturated rings. The Labute approximate surface area is 139 Å². The first-order chi connectivity index (χ1) is 11.1. The number of benzene rings is 1. The molecule has 23 heavy (non-hydrogen) atoms. The monoisotopic (exact) mass is 332 g/mol. The second kappa shape index (κ2) is 8.43. The molecule has 1 aromatic carbocycles. The van der Waals surface area contributed by atoms with E-state index in [0.29, 0.717) is 25.8 Å². The van der Waals surface area contributed by atoms with E-state index in [0.717, 1.165) is 21.1 Å². The van der Waals surface area contributed by atoms with Crippen molar-refractivity contribution in [2.24, 2.45) is 0 Å². The topological polar surface area (TPSA) is 79.3 Å². The molecule has 6 heteroatoms. The Kier molecular flexibility index (Phi) is 6.29. The van der Waals surface area contributed by atoms with Crippen LogP contribution in [0.3, 0.4) is 0 Å². The van der Waals surface area contributed by atoms with Gasteiger partial charge in [-0.3, -0.25) is 9.59 Å². The number of carbonyl (C=O) groups is 2. The zero-order valence-corrected chi connectivity index (χ0v) is 13.9. The third-order valence-corrected chi connectivity index (χ3v) is 4.61. The number of hydrogen-bond donors (Lipinski definition) is 2. The van der Waals surface area contributed by atoms with Crippen molar-refractivity contribution in [2.75, 3.05) is 0 Å². The van der Waals surface area contributed by atoms with Crippen LogP contribution in [0.15, 0.2) is 30.3 Å². The molecule has 0 aliphatic heterocycles. The van der Waals surface area contributed by atoms with E-state index in [9.17, 15) is 9.59 Å². The van der Waals surface area contributed by atoms with E-state index >= 15 is 0 Å². The molecule has 2 aromatic rings. The quantitative estimate of drug-likeness (QED) is 0.726. The molecule has 0 unspecified atom stereocenters. The van der Waals surface area contributed by atoms with Gasteiger partial charge in [0.05, 0.1) is 12.2 Å². The lowest BCUT2D eigenvalue weighted by Crippen LogP contribution is -2.22. The maximum Gasteiger partial charge on any atom is 0.303 e. The molecule has 0 aliphatic rings. The highest BCUT2D eigenvalue weighted by atomic mass is 32.1. The first kappa shape index (κ1) is 17.1. The van der Waals surface area contributed by atoms with Gasteiger partial charge in [-0.1, -0.05) is 30.3 Å². The summed E-state index contributed by atoms with van der Waals surface area (Å²) in [7, 11) is 0. The van der Waals surface area contributed by atoms with Crippen LogP contribution in [0, 0.1) is 6.92 Å². The summed E-state index contributed by atoms with van der Waals surface area (Å²) in [4.78, 5) is 27.8. The number of nitrogens with one attached hydrogen (secondary N) is 1. The first-order valence-corrected chi connectivity index (χ1v) is 8.38. The maximum atomic E-state index is 11.8. The molecule has 0 atom stereocenters. The summed E-state index contributed by atoms with van der Waals surface area (Å²) >= 11 is 1.58. The number of amides is 1. The fourth-order valence-electron chi connectivity index (χ4n) is 2.13. The summed E-state index contributed by atoms with van der Waals surface area (Å²) in [6, 6.07) is 9.96. The minimum Gasteiger partial charge on any atom is -0.481 e. The van der Waals surface area contributed by atoms with Gasteiger partial charge in [-0.15, -0.1) is 11.3 Å². The van der Waals surface area contributed by atoms with Crippen LogP contribution in [0.5, 0.6) is 0 Å². The van der Waals surface area contributed by atoms with Crippen LogP contribution in [0.1, 0.15) is 36.3 Å². The van der Waals surface area contributed by atoms with Crippen molar-refractivity contribution < 1.29 is 14.7 Å². The van der Waals surface area contributed by atoms with E-state index in [-0.39, 0.29) is 12.3 Å². The highest BCUT2D eigenvalue weighted by Crippen LogP contribution is 2.27. The van der Waals surface area contributed by atoms with Crippen molar-refractivity contribution >= 4 is 23.2 Å². The molecule has 1 amide bonds. The highest BCUT2D eigenvalue weighted by Gasteiger charge is 2.10. The van der Waals surface area contributed by atoms with E-state index in [2.05, 4.69) is 10.3 Å². The summed E-state index contributed by atoms with van der Waals surface area (Å²) in [5.74, 6) is -0.872. The number of rotatable bonds is 8. The third kappa shape index (κ3) is 5.49. The van der Waals surface area contributed by atoms with Crippen molar-refractivity contribution in [3.05, 3.63) is 40.9 Å². The number of nitrogens with zero attached hydrogens (tertiary/aromatic N) is 1. The second-order valence-electron chi connectivity index (χ2n) is 5.27. The van der Waals surface area contributed by atoms with Crippen molar-refractivity contribution in [2.45, 2.75) is 39.2 Å². The summed E-state index contributed by atoms with van der Waals surface area (Å²) in [5.41, 5.74) is 2.01. The molecule has 0 bridgehead atoms. The molecule has 2 N–H and O–H groups in total. The van der Waals surface area contributed by atoms with Crippen LogP contribution >= 0.6 is 11.3 Å². The van der Waals surface area contributed by atoms with E-state index in [1.807, 2.05) is 37.3 Å². The van der Waals surface area contributed by atoms with E-state index in [1.54, 1.807) is 11.3 Å². The zero-order chi connectivity index (χ0) is 16.7. The summed E-state index contributed by atoms with van der Waals surface area (Å²) < 4.78 is 0. The number of aryl methyl sites for hydroxylation is 1. The van der Waals surface area contributed by atoms with Crippen LogP contribution in [-0.4, -0.2) is 22.0 Å². The van der Waals surface area contributed by atoms with Gasteiger partial charge in [0.1, 0.15) is 5.01 Å². The lowest BCUT2D eigenvalue weighted by atomic mass is 10.2. The third-order valence-electron chi connectivity index (χ3n) is 3.40. The summed E-state index contributed by atoms with van der Waals surface area (Å²) in [6.45, 7) is 2.41. The summed E-state index contributed by atoms with van der Waals surface area (Å²) in [5, 5.41) is 12.4. The molecule has 0 aliphatic carbocycles. The number of carbonyl (C=O) groups excluding carboxylic acids is 1. The molecular formula is C17H20N2O3S. The standard InChI is InChI=1S/C17H20N2O3S/c1-12-14(11-18-15(20)9-5-6-10-16(21)22)23-17(19-12)13-7-3-2-4-8-13/h2-4,7-8H,5-6,9-11H2,1H3,(H,18,20)(H,21,22). The van der Waals surface area contributed by atoms with Crippen LogP contribution in [0.4, 0.5) is 0 Å².